The van der Waals surface area contributed by atoms with Crippen molar-refractivity contribution in [3.8, 4) is 0 Å². The zero-order valence-electron chi connectivity index (χ0n) is 10.2. The van der Waals surface area contributed by atoms with Crippen molar-refractivity contribution in [1.82, 2.24) is 0 Å². The highest BCUT2D eigenvalue weighted by molar-refractivity contribution is 6.67. The van der Waals surface area contributed by atoms with Crippen LogP contribution in [0.2, 0.25) is 0 Å². The molecule has 2 aliphatic heterocycles. The van der Waals surface area contributed by atoms with E-state index in [0.717, 1.165) is 0 Å². The maximum Gasteiger partial charge on any atom is 0.241 e. The molecule has 2 saturated heterocycles. The molecule has 19 heavy (non-hydrogen) atoms. The van der Waals surface area contributed by atoms with Crippen molar-refractivity contribution >= 4 is 40.6 Å². The molecule has 0 N–H and O–H groups in total. The monoisotopic (exact) mass is 330 g/mol. The summed E-state index contributed by atoms with van der Waals surface area (Å²) in [5, 5.41) is 0. The van der Waals surface area contributed by atoms with E-state index in [0.29, 0.717) is 0 Å². The second-order valence-electron chi connectivity index (χ2n) is 4.25. The van der Waals surface area contributed by atoms with Gasteiger partial charge >= 0.3 is 0 Å². The molecule has 0 amide bonds. The lowest BCUT2D eigenvalue weighted by molar-refractivity contribution is -0.159. The van der Waals surface area contributed by atoms with Crippen LogP contribution in [0.1, 0.15) is 6.92 Å². The maximum absolute atomic E-state index is 10.9. The number of fused-ring (bicyclic) bond motifs is 1. The lowest BCUT2D eigenvalue weighted by atomic mass is 10.1. The third kappa shape index (κ3) is 3.42. The van der Waals surface area contributed by atoms with E-state index in [-0.39, 0.29) is 5.78 Å². The number of hydrogen-bond donors (Lipinski definition) is 0. The molecule has 0 bridgehead atoms. The fourth-order valence-corrected chi connectivity index (χ4v) is 2.32. The molecule has 0 spiro atoms. The first-order chi connectivity index (χ1) is 8.82. The van der Waals surface area contributed by atoms with Gasteiger partial charge in [0.25, 0.3) is 0 Å². The number of carbonyl (C=O) groups excluding carboxylic acids is 1. The molecule has 0 aromatic rings. The number of ketones is 1. The van der Waals surface area contributed by atoms with Gasteiger partial charge in [-0.2, -0.15) is 0 Å². The van der Waals surface area contributed by atoms with Gasteiger partial charge in [-0.1, -0.05) is 34.8 Å². The molecule has 0 unspecified atom stereocenters. The lowest BCUT2D eigenvalue weighted by Gasteiger charge is -2.23. The quantitative estimate of drug-likeness (QED) is 0.585. The van der Waals surface area contributed by atoms with Gasteiger partial charge in [0.05, 0.1) is 0 Å². The van der Waals surface area contributed by atoms with Crippen LogP contribution in [-0.4, -0.2) is 47.6 Å². The first-order valence-corrected chi connectivity index (χ1v) is 6.71. The Morgan fingerprint density at radius 3 is 2.47 bits per heavy atom. The lowest BCUT2D eigenvalue weighted by Crippen LogP contribution is -2.35. The van der Waals surface area contributed by atoms with Gasteiger partial charge < -0.3 is 18.9 Å². The molecule has 5 nitrogen and oxygen atoms in total. The average Bonchev–Trinajstić information content (AvgIpc) is 2.81. The minimum atomic E-state index is -1.70. The Morgan fingerprint density at radius 1 is 1.26 bits per heavy atom. The maximum atomic E-state index is 10.9. The molecule has 0 saturated carbocycles. The Balaban J connectivity index is 2.05. The number of allylic oxidation sites excluding steroid dienone is 1. The van der Waals surface area contributed by atoms with Crippen LogP contribution in [0.25, 0.3) is 0 Å². The van der Waals surface area contributed by atoms with Gasteiger partial charge in [-0.05, 0) is 19.1 Å². The van der Waals surface area contributed by atoms with Gasteiger partial charge in [-0.3, -0.25) is 4.79 Å². The van der Waals surface area contributed by atoms with Crippen molar-refractivity contribution in [2.24, 2.45) is 0 Å². The molecule has 2 aliphatic rings. The molecule has 5 atom stereocenters. The summed E-state index contributed by atoms with van der Waals surface area (Å²) >= 11 is 17.1. The van der Waals surface area contributed by atoms with Gasteiger partial charge in [-0.25, -0.2) is 0 Å². The van der Waals surface area contributed by atoms with Crippen LogP contribution >= 0.6 is 34.8 Å². The Labute approximate surface area is 125 Å². The van der Waals surface area contributed by atoms with Crippen LogP contribution in [0.3, 0.4) is 0 Å². The van der Waals surface area contributed by atoms with Crippen molar-refractivity contribution in [2.75, 3.05) is 7.11 Å². The fourth-order valence-electron chi connectivity index (χ4n) is 2.01. The molecule has 0 radical (unpaired) electrons. The van der Waals surface area contributed by atoms with E-state index in [9.17, 15) is 4.79 Å². The minimum Gasteiger partial charge on any atom is -0.375 e. The summed E-state index contributed by atoms with van der Waals surface area (Å²) in [7, 11) is 1.51. The number of carbonyl (C=O) groups is 1. The summed E-state index contributed by atoms with van der Waals surface area (Å²) in [5.74, 6) is -0.0866. The summed E-state index contributed by atoms with van der Waals surface area (Å²) in [6.45, 7) is 1.44. The highest BCUT2D eigenvalue weighted by Crippen LogP contribution is 2.42. The van der Waals surface area contributed by atoms with E-state index in [1.54, 1.807) is 6.08 Å². The molecule has 2 fully saturated rings. The minimum absolute atomic E-state index is 0.0866. The highest BCUT2D eigenvalue weighted by Gasteiger charge is 2.56. The predicted octanol–water partition coefficient (Wildman–Crippen LogP) is 1.98. The molecule has 8 heteroatoms. The third-order valence-electron chi connectivity index (χ3n) is 2.81. The molecule has 0 aliphatic carbocycles. The van der Waals surface area contributed by atoms with E-state index in [1.165, 1.54) is 20.1 Å². The van der Waals surface area contributed by atoms with Crippen molar-refractivity contribution in [1.29, 1.82) is 0 Å². The van der Waals surface area contributed by atoms with Crippen molar-refractivity contribution in [3.63, 3.8) is 0 Å². The van der Waals surface area contributed by atoms with E-state index in [1.807, 2.05) is 0 Å². The zero-order chi connectivity index (χ0) is 14.2. The van der Waals surface area contributed by atoms with Crippen molar-refractivity contribution < 1.29 is 23.7 Å². The van der Waals surface area contributed by atoms with Crippen LogP contribution < -0.4 is 0 Å². The Morgan fingerprint density at radius 2 is 1.95 bits per heavy atom. The number of methoxy groups -OCH3 is 1. The van der Waals surface area contributed by atoms with Crippen LogP contribution in [0.15, 0.2) is 12.2 Å². The highest BCUT2D eigenvalue weighted by atomic mass is 35.6. The second-order valence-corrected chi connectivity index (χ2v) is 6.62. The molecule has 2 heterocycles. The average molecular weight is 332 g/mol. The number of alkyl halides is 3. The van der Waals surface area contributed by atoms with E-state index in [2.05, 4.69) is 0 Å². The molecular weight excluding hydrogens is 318 g/mol. The topological polar surface area (TPSA) is 54.0 Å². The predicted molar refractivity (Wildman–Crippen MR) is 69.3 cm³/mol. The molecule has 108 valence electrons. The third-order valence-corrected chi connectivity index (χ3v) is 3.34. The summed E-state index contributed by atoms with van der Waals surface area (Å²) in [6, 6.07) is 0. The van der Waals surface area contributed by atoms with Crippen LogP contribution in [0.5, 0.6) is 0 Å². The Bertz CT molecular complexity index is 381. The SMILES string of the molecule is CO[C@@H]1[C@H]2O[C@H](C(Cl)(Cl)Cl)O[C@H]2O[C@@H]1/C=C/C(C)=O. The standard InChI is InChI=1S/C11H13Cl3O5/c1-5(15)3-4-6-7(16-2)8-9(17-6)19-10(18-8)11(12,13)14/h3-4,6-10H,1-2H3/b4-3+/t6-,7+,8-,9-,10+/m1/s1. The van der Waals surface area contributed by atoms with Crippen LogP contribution in [-0.2, 0) is 23.7 Å². The Kier molecular flexibility index (Phi) is 4.78. The number of halogens is 3. The molecular formula is C11H13Cl3O5. The van der Waals surface area contributed by atoms with Crippen LogP contribution in [0.4, 0.5) is 0 Å². The summed E-state index contributed by atoms with van der Waals surface area (Å²) in [6.07, 6.45) is -0.0729. The van der Waals surface area contributed by atoms with Crippen molar-refractivity contribution in [2.45, 2.75) is 41.6 Å². The molecule has 0 aromatic heterocycles. The van der Waals surface area contributed by atoms with Crippen molar-refractivity contribution in [3.05, 3.63) is 12.2 Å². The van der Waals surface area contributed by atoms with Crippen LogP contribution in [0, 0.1) is 0 Å². The smallest absolute Gasteiger partial charge is 0.241 e. The number of hydrogen-bond acceptors (Lipinski definition) is 5. The normalized spacial score (nSPS) is 38.9. The van der Waals surface area contributed by atoms with E-state index < -0.39 is 34.7 Å². The van der Waals surface area contributed by atoms with E-state index >= 15 is 0 Å². The fraction of sp³-hybridized carbons (Fsp3) is 0.727. The first kappa shape index (κ1) is 15.5. The summed E-state index contributed by atoms with van der Waals surface area (Å²) < 4.78 is 20.1. The van der Waals surface area contributed by atoms with Gasteiger partial charge in [0.2, 0.25) is 10.1 Å². The largest absolute Gasteiger partial charge is 0.375 e. The Hall–Kier alpha value is 0.120. The van der Waals surface area contributed by atoms with Gasteiger partial charge in [0.1, 0.15) is 18.3 Å². The van der Waals surface area contributed by atoms with E-state index in [4.69, 9.17) is 53.8 Å². The second kappa shape index (κ2) is 5.85. The molecule has 0 aromatic carbocycles. The van der Waals surface area contributed by atoms with Gasteiger partial charge in [-0.15, -0.1) is 0 Å². The molecule has 2 rings (SSSR count). The number of ether oxygens (including phenoxy) is 4. The summed E-state index contributed by atoms with van der Waals surface area (Å²) in [4.78, 5) is 10.9. The summed E-state index contributed by atoms with van der Waals surface area (Å²) in [5.41, 5.74) is 0. The first-order valence-electron chi connectivity index (χ1n) is 5.57. The van der Waals surface area contributed by atoms with Gasteiger partial charge in [0.15, 0.2) is 12.1 Å². The number of rotatable bonds is 3. The zero-order valence-corrected chi connectivity index (χ0v) is 12.5. The van der Waals surface area contributed by atoms with Gasteiger partial charge in [0, 0.05) is 7.11 Å².